The maximum Gasteiger partial charge on any atom is 0.146 e. The molecule has 0 fully saturated rings. The van der Waals surface area contributed by atoms with Crippen molar-refractivity contribution in [1.29, 1.82) is 0 Å². The Labute approximate surface area is 118 Å². The average molecular weight is 286 g/mol. The number of methoxy groups -OCH3 is 1. The Balaban J connectivity index is 1.99. The Kier molecular flexibility index (Phi) is 8.93. The van der Waals surface area contributed by atoms with Crippen LogP contribution in [0.3, 0.4) is 0 Å². The minimum atomic E-state index is -0.734. The Morgan fingerprint density at radius 3 is 2.10 bits per heavy atom. The molecule has 0 bridgehead atoms. The zero-order valence-corrected chi connectivity index (χ0v) is 11.6. The molecule has 6 heteroatoms. The second-order valence-electron chi connectivity index (χ2n) is 4.25. The molecule has 0 heterocycles. The smallest absolute Gasteiger partial charge is 0.146 e. The number of aliphatic hydroxyl groups is 2. The highest BCUT2D eigenvalue weighted by atomic mass is 16.7. The van der Waals surface area contributed by atoms with Crippen molar-refractivity contribution in [2.24, 2.45) is 0 Å². The van der Waals surface area contributed by atoms with Crippen LogP contribution >= 0.6 is 0 Å². The highest BCUT2D eigenvalue weighted by Crippen LogP contribution is 2.08. The first-order valence-corrected chi connectivity index (χ1v) is 6.40. The van der Waals surface area contributed by atoms with Gasteiger partial charge in [0.2, 0.25) is 0 Å². The molecule has 0 saturated heterocycles. The Bertz CT molecular complexity index is 332. The minimum Gasteiger partial charge on any atom is -0.491 e. The van der Waals surface area contributed by atoms with Gasteiger partial charge in [-0.1, -0.05) is 18.2 Å². The van der Waals surface area contributed by atoms with E-state index in [2.05, 4.69) is 0 Å². The molecule has 0 saturated carbocycles. The van der Waals surface area contributed by atoms with Crippen LogP contribution in [-0.4, -0.2) is 62.8 Å². The van der Waals surface area contributed by atoms with Gasteiger partial charge in [0.05, 0.1) is 19.8 Å². The van der Waals surface area contributed by atoms with Gasteiger partial charge in [-0.15, -0.1) is 0 Å². The molecule has 0 amide bonds. The molecule has 6 nitrogen and oxygen atoms in total. The van der Waals surface area contributed by atoms with Crippen molar-refractivity contribution >= 4 is 0 Å². The van der Waals surface area contributed by atoms with Gasteiger partial charge in [-0.3, -0.25) is 0 Å². The molecule has 20 heavy (non-hydrogen) atoms. The first kappa shape index (κ1) is 16.9. The lowest BCUT2D eigenvalue weighted by Crippen LogP contribution is -2.25. The van der Waals surface area contributed by atoms with E-state index < -0.39 is 12.2 Å². The molecule has 1 rings (SSSR count). The van der Waals surface area contributed by atoms with Crippen LogP contribution in [0.4, 0.5) is 0 Å². The quantitative estimate of drug-likeness (QED) is 0.453. The van der Waals surface area contributed by atoms with Crippen LogP contribution in [0.15, 0.2) is 30.3 Å². The number of aliphatic hydroxyl groups excluding tert-OH is 2. The molecule has 0 aliphatic carbocycles. The zero-order chi connectivity index (χ0) is 14.6. The first-order chi connectivity index (χ1) is 9.72. The van der Waals surface area contributed by atoms with E-state index in [-0.39, 0.29) is 33.2 Å². The summed E-state index contributed by atoms with van der Waals surface area (Å²) in [7, 11) is 1.50. The Hall–Kier alpha value is -1.18. The fourth-order valence-corrected chi connectivity index (χ4v) is 1.42. The minimum absolute atomic E-state index is 0.00315. The van der Waals surface area contributed by atoms with Crippen LogP contribution < -0.4 is 4.74 Å². The van der Waals surface area contributed by atoms with Gasteiger partial charge in [-0.2, -0.15) is 0 Å². The van der Waals surface area contributed by atoms with E-state index in [1.165, 1.54) is 7.11 Å². The Morgan fingerprint density at radius 2 is 1.50 bits per heavy atom. The molecule has 2 N–H and O–H groups in total. The van der Waals surface area contributed by atoms with Gasteiger partial charge in [0.15, 0.2) is 0 Å². The summed E-state index contributed by atoms with van der Waals surface area (Å²) in [6.07, 6.45) is -1.40. The van der Waals surface area contributed by atoms with Crippen LogP contribution in [-0.2, 0) is 14.2 Å². The molecular formula is C14H22O6. The number of benzene rings is 1. The van der Waals surface area contributed by atoms with Crippen molar-refractivity contribution in [3.63, 3.8) is 0 Å². The second kappa shape index (κ2) is 10.6. The third-order valence-electron chi connectivity index (χ3n) is 2.33. The number of hydrogen-bond acceptors (Lipinski definition) is 6. The summed E-state index contributed by atoms with van der Waals surface area (Å²) in [5, 5.41) is 18.9. The first-order valence-electron chi connectivity index (χ1n) is 6.40. The van der Waals surface area contributed by atoms with E-state index in [1.54, 1.807) is 0 Å². The second-order valence-corrected chi connectivity index (χ2v) is 4.25. The van der Waals surface area contributed by atoms with Crippen molar-refractivity contribution in [2.45, 2.75) is 12.2 Å². The predicted molar refractivity (Wildman–Crippen MR) is 72.6 cm³/mol. The maximum absolute atomic E-state index is 9.63. The van der Waals surface area contributed by atoms with Gasteiger partial charge in [0, 0.05) is 7.11 Å². The van der Waals surface area contributed by atoms with Gasteiger partial charge in [0.25, 0.3) is 0 Å². The van der Waals surface area contributed by atoms with Crippen LogP contribution in [0.1, 0.15) is 0 Å². The van der Waals surface area contributed by atoms with Crippen LogP contribution in [0.2, 0.25) is 0 Å². The Morgan fingerprint density at radius 1 is 0.900 bits per heavy atom. The van der Waals surface area contributed by atoms with Gasteiger partial charge >= 0.3 is 0 Å². The predicted octanol–water partition coefficient (Wildman–Crippen LogP) is 0.424. The number of ether oxygens (including phenoxy) is 4. The third-order valence-corrected chi connectivity index (χ3v) is 2.33. The SMILES string of the molecule is COCC(O)COCOCC(O)COc1ccccc1. The van der Waals surface area contributed by atoms with Crippen molar-refractivity contribution in [1.82, 2.24) is 0 Å². The van der Waals surface area contributed by atoms with Crippen molar-refractivity contribution < 1.29 is 29.2 Å². The van der Waals surface area contributed by atoms with Crippen molar-refractivity contribution in [2.75, 3.05) is 40.3 Å². The van der Waals surface area contributed by atoms with E-state index in [9.17, 15) is 10.2 Å². The summed E-state index contributed by atoms with van der Waals surface area (Å²) in [6.45, 7) is 0.602. The van der Waals surface area contributed by atoms with E-state index >= 15 is 0 Å². The average Bonchev–Trinajstić information content (AvgIpc) is 2.46. The molecule has 0 aromatic heterocycles. The molecule has 0 aliphatic heterocycles. The summed E-state index contributed by atoms with van der Waals surface area (Å²) < 4.78 is 20.3. The molecule has 1 aromatic carbocycles. The monoisotopic (exact) mass is 286 g/mol. The molecule has 0 aliphatic rings. The number of para-hydroxylation sites is 1. The van der Waals surface area contributed by atoms with Gasteiger partial charge in [-0.25, -0.2) is 0 Å². The van der Waals surface area contributed by atoms with E-state index in [0.717, 1.165) is 0 Å². The normalized spacial score (nSPS) is 13.9. The van der Waals surface area contributed by atoms with Gasteiger partial charge in [-0.05, 0) is 12.1 Å². The summed E-state index contributed by atoms with van der Waals surface area (Å²) in [5.74, 6) is 0.700. The highest BCUT2D eigenvalue weighted by molar-refractivity contribution is 5.20. The van der Waals surface area contributed by atoms with Crippen molar-refractivity contribution in [3.05, 3.63) is 30.3 Å². The van der Waals surface area contributed by atoms with Crippen LogP contribution in [0, 0.1) is 0 Å². The lowest BCUT2D eigenvalue weighted by Gasteiger charge is -2.14. The van der Waals surface area contributed by atoms with Gasteiger partial charge < -0.3 is 29.2 Å². The summed E-state index contributed by atoms with van der Waals surface area (Å²) in [4.78, 5) is 0. The fraction of sp³-hybridized carbons (Fsp3) is 0.571. The standard InChI is InChI=1S/C14H22O6/c1-17-7-12(15)8-18-11-19-9-13(16)10-20-14-5-3-2-4-6-14/h2-6,12-13,15-16H,7-11H2,1H3. The molecule has 0 radical (unpaired) electrons. The molecule has 2 unspecified atom stereocenters. The fourth-order valence-electron chi connectivity index (χ4n) is 1.42. The topological polar surface area (TPSA) is 77.4 Å². The highest BCUT2D eigenvalue weighted by Gasteiger charge is 2.06. The molecule has 2 atom stereocenters. The lowest BCUT2D eigenvalue weighted by molar-refractivity contribution is -0.107. The summed E-state index contributed by atoms with van der Waals surface area (Å²) >= 11 is 0. The van der Waals surface area contributed by atoms with Crippen LogP contribution in [0.25, 0.3) is 0 Å². The number of hydrogen-bond donors (Lipinski definition) is 2. The maximum atomic E-state index is 9.63. The lowest BCUT2D eigenvalue weighted by atomic mass is 10.3. The molecule has 0 spiro atoms. The number of rotatable bonds is 11. The van der Waals surface area contributed by atoms with E-state index in [0.29, 0.717) is 5.75 Å². The van der Waals surface area contributed by atoms with Gasteiger partial charge in [0.1, 0.15) is 31.4 Å². The van der Waals surface area contributed by atoms with E-state index in [1.807, 2.05) is 30.3 Å². The zero-order valence-electron chi connectivity index (χ0n) is 11.6. The van der Waals surface area contributed by atoms with Crippen molar-refractivity contribution in [3.8, 4) is 5.75 Å². The molecular weight excluding hydrogens is 264 g/mol. The molecule has 1 aromatic rings. The van der Waals surface area contributed by atoms with Crippen LogP contribution in [0.5, 0.6) is 5.75 Å². The summed E-state index contributed by atoms with van der Waals surface area (Å²) in [5.41, 5.74) is 0. The molecule has 114 valence electrons. The summed E-state index contributed by atoms with van der Waals surface area (Å²) in [6, 6.07) is 9.23. The van der Waals surface area contributed by atoms with E-state index in [4.69, 9.17) is 18.9 Å². The largest absolute Gasteiger partial charge is 0.491 e. The third kappa shape index (κ3) is 8.08.